The summed E-state index contributed by atoms with van der Waals surface area (Å²) in [4.78, 5) is 12.3. The molecule has 1 heterocycles. The van der Waals surface area contributed by atoms with Gasteiger partial charge in [0.05, 0.1) is 17.7 Å². The molecule has 1 aliphatic heterocycles. The number of phenols is 1. The number of fused-ring (bicyclic) bond motifs is 1. The lowest BCUT2D eigenvalue weighted by molar-refractivity contribution is 0.0864. The van der Waals surface area contributed by atoms with Crippen LogP contribution >= 0.6 is 0 Å². The fourth-order valence-corrected chi connectivity index (χ4v) is 2.61. The van der Waals surface area contributed by atoms with E-state index in [9.17, 15) is 9.90 Å². The number of benzene rings is 2. The molecule has 0 radical (unpaired) electrons. The molecule has 4 heteroatoms. The molecule has 1 fully saturated rings. The third-order valence-corrected chi connectivity index (χ3v) is 3.84. The minimum atomic E-state index is -0.254. The molecular formula is C16H17NO3. The summed E-state index contributed by atoms with van der Waals surface area (Å²) < 4.78 is 5.43. The summed E-state index contributed by atoms with van der Waals surface area (Å²) in [6, 6.07) is 11.0. The van der Waals surface area contributed by atoms with Crippen LogP contribution in [-0.2, 0) is 4.74 Å². The van der Waals surface area contributed by atoms with Gasteiger partial charge in [-0.25, -0.2) is 0 Å². The Labute approximate surface area is 117 Å². The summed E-state index contributed by atoms with van der Waals surface area (Å²) in [7, 11) is 0. The molecular weight excluding hydrogens is 254 g/mol. The molecule has 1 saturated heterocycles. The van der Waals surface area contributed by atoms with E-state index in [1.54, 1.807) is 6.07 Å². The summed E-state index contributed by atoms with van der Waals surface area (Å²) in [6.45, 7) is 2.61. The number of phenolic OH excluding ortho intramolecular Hbond substituents is 1. The Morgan fingerprint density at radius 3 is 2.85 bits per heavy atom. The zero-order chi connectivity index (χ0) is 14.1. The number of nitrogens with one attached hydrogen (secondary N) is 1. The number of aromatic hydroxyl groups is 1. The van der Waals surface area contributed by atoms with Crippen LogP contribution in [0.2, 0.25) is 0 Å². The molecule has 20 heavy (non-hydrogen) atoms. The van der Waals surface area contributed by atoms with Crippen molar-refractivity contribution in [2.75, 3.05) is 6.61 Å². The lowest BCUT2D eigenvalue weighted by Gasteiger charge is -2.16. The van der Waals surface area contributed by atoms with Gasteiger partial charge in [0.15, 0.2) is 0 Å². The standard InChI is InChI=1S/C16H17NO3/c1-10-14(8-9-20-10)17-16(19)13-7-6-11-4-2-3-5-12(11)15(13)18/h2-7,10,14,18H,8-9H2,1H3,(H,17,19). The minimum absolute atomic E-state index is 0.00775. The molecule has 0 aliphatic carbocycles. The molecule has 2 aromatic rings. The van der Waals surface area contributed by atoms with Crippen molar-refractivity contribution >= 4 is 16.7 Å². The molecule has 104 valence electrons. The van der Waals surface area contributed by atoms with Gasteiger partial charge in [-0.3, -0.25) is 4.79 Å². The first-order chi connectivity index (χ1) is 9.66. The summed E-state index contributed by atoms with van der Waals surface area (Å²) in [6.07, 6.45) is 0.822. The normalized spacial score (nSPS) is 22.1. The van der Waals surface area contributed by atoms with Crippen molar-refractivity contribution in [1.29, 1.82) is 0 Å². The van der Waals surface area contributed by atoms with E-state index in [0.29, 0.717) is 17.6 Å². The third-order valence-electron chi connectivity index (χ3n) is 3.84. The van der Waals surface area contributed by atoms with E-state index >= 15 is 0 Å². The smallest absolute Gasteiger partial charge is 0.255 e. The van der Waals surface area contributed by atoms with Crippen molar-refractivity contribution in [2.24, 2.45) is 0 Å². The van der Waals surface area contributed by atoms with Crippen LogP contribution < -0.4 is 5.32 Å². The SMILES string of the molecule is CC1OCCC1NC(=O)c1ccc2ccccc2c1O. The first kappa shape index (κ1) is 12.9. The number of ether oxygens (including phenoxy) is 1. The molecule has 2 N–H and O–H groups in total. The number of carbonyl (C=O) groups excluding carboxylic acids is 1. The van der Waals surface area contributed by atoms with Gasteiger partial charge in [-0.15, -0.1) is 0 Å². The van der Waals surface area contributed by atoms with Crippen molar-refractivity contribution in [3.05, 3.63) is 42.0 Å². The zero-order valence-electron chi connectivity index (χ0n) is 11.3. The van der Waals surface area contributed by atoms with Crippen molar-refractivity contribution < 1.29 is 14.6 Å². The molecule has 0 saturated carbocycles. The second-order valence-electron chi connectivity index (χ2n) is 5.13. The molecule has 4 nitrogen and oxygen atoms in total. The first-order valence-corrected chi connectivity index (χ1v) is 6.80. The Hall–Kier alpha value is -2.07. The lowest BCUT2D eigenvalue weighted by Crippen LogP contribution is -2.39. The van der Waals surface area contributed by atoms with Gasteiger partial charge in [0.2, 0.25) is 0 Å². The maximum absolute atomic E-state index is 12.3. The minimum Gasteiger partial charge on any atom is -0.506 e. The number of hydrogen-bond donors (Lipinski definition) is 2. The monoisotopic (exact) mass is 271 g/mol. The van der Waals surface area contributed by atoms with Crippen LogP contribution in [0.3, 0.4) is 0 Å². The number of hydrogen-bond acceptors (Lipinski definition) is 3. The van der Waals surface area contributed by atoms with Gasteiger partial charge in [-0.2, -0.15) is 0 Å². The Bertz CT molecular complexity index is 653. The molecule has 0 aromatic heterocycles. The van der Waals surface area contributed by atoms with Crippen LogP contribution in [0.5, 0.6) is 5.75 Å². The summed E-state index contributed by atoms with van der Waals surface area (Å²) >= 11 is 0. The van der Waals surface area contributed by atoms with Crippen LogP contribution in [0.1, 0.15) is 23.7 Å². The summed E-state index contributed by atoms with van der Waals surface area (Å²) in [5.74, 6) is -0.220. The Morgan fingerprint density at radius 2 is 2.10 bits per heavy atom. The lowest BCUT2D eigenvalue weighted by atomic mass is 10.0. The van der Waals surface area contributed by atoms with Gasteiger partial charge in [-0.1, -0.05) is 30.3 Å². The van der Waals surface area contributed by atoms with Crippen molar-refractivity contribution in [1.82, 2.24) is 5.32 Å². The molecule has 0 bridgehead atoms. The van der Waals surface area contributed by atoms with E-state index in [1.165, 1.54) is 0 Å². The Morgan fingerprint density at radius 1 is 1.30 bits per heavy atom. The van der Waals surface area contributed by atoms with E-state index in [4.69, 9.17) is 4.74 Å². The number of rotatable bonds is 2. The van der Waals surface area contributed by atoms with Gasteiger partial charge < -0.3 is 15.2 Å². The van der Waals surface area contributed by atoms with E-state index in [0.717, 1.165) is 11.8 Å². The van der Waals surface area contributed by atoms with Gasteiger partial charge in [0, 0.05) is 12.0 Å². The van der Waals surface area contributed by atoms with E-state index in [2.05, 4.69) is 5.32 Å². The summed E-state index contributed by atoms with van der Waals surface area (Å²) in [5, 5.41) is 14.8. The molecule has 3 rings (SSSR count). The molecule has 1 amide bonds. The molecule has 1 aliphatic rings. The Balaban J connectivity index is 1.89. The average molecular weight is 271 g/mol. The fraction of sp³-hybridized carbons (Fsp3) is 0.312. The van der Waals surface area contributed by atoms with E-state index < -0.39 is 0 Å². The third kappa shape index (κ3) is 2.23. The van der Waals surface area contributed by atoms with Crippen LogP contribution in [0.4, 0.5) is 0 Å². The molecule has 0 spiro atoms. The number of amides is 1. The second-order valence-corrected chi connectivity index (χ2v) is 5.13. The Kier molecular flexibility index (Phi) is 3.32. The highest BCUT2D eigenvalue weighted by molar-refractivity contribution is 6.03. The maximum Gasteiger partial charge on any atom is 0.255 e. The topological polar surface area (TPSA) is 58.6 Å². The van der Waals surface area contributed by atoms with Crippen LogP contribution in [-0.4, -0.2) is 29.8 Å². The molecule has 2 atom stereocenters. The number of carbonyl (C=O) groups is 1. The predicted molar refractivity (Wildman–Crippen MR) is 76.9 cm³/mol. The highest BCUT2D eigenvalue weighted by atomic mass is 16.5. The van der Waals surface area contributed by atoms with Crippen molar-refractivity contribution in [2.45, 2.75) is 25.5 Å². The average Bonchev–Trinajstić information content (AvgIpc) is 2.85. The fourth-order valence-electron chi connectivity index (χ4n) is 2.61. The van der Waals surface area contributed by atoms with Crippen LogP contribution in [0.25, 0.3) is 10.8 Å². The van der Waals surface area contributed by atoms with Crippen LogP contribution in [0.15, 0.2) is 36.4 Å². The summed E-state index contributed by atoms with van der Waals surface area (Å²) in [5.41, 5.74) is 0.308. The van der Waals surface area contributed by atoms with Crippen molar-refractivity contribution in [3.8, 4) is 5.75 Å². The highest BCUT2D eigenvalue weighted by Crippen LogP contribution is 2.28. The quantitative estimate of drug-likeness (QED) is 0.882. The van der Waals surface area contributed by atoms with Crippen LogP contribution in [0, 0.1) is 0 Å². The zero-order valence-corrected chi connectivity index (χ0v) is 11.3. The van der Waals surface area contributed by atoms with E-state index in [1.807, 2.05) is 37.3 Å². The second kappa shape index (κ2) is 5.13. The first-order valence-electron chi connectivity index (χ1n) is 6.80. The molecule has 2 unspecified atom stereocenters. The van der Waals surface area contributed by atoms with Gasteiger partial charge >= 0.3 is 0 Å². The van der Waals surface area contributed by atoms with Gasteiger partial charge in [-0.05, 0) is 24.8 Å². The van der Waals surface area contributed by atoms with E-state index in [-0.39, 0.29) is 23.8 Å². The largest absolute Gasteiger partial charge is 0.506 e. The van der Waals surface area contributed by atoms with Crippen molar-refractivity contribution in [3.63, 3.8) is 0 Å². The highest BCUT2D eigenvalue weighted by Gasteiger charge is 2.26. The predicted octanol–water partition coefficient (Wildman–Crippen LogP) is 2.45. The van der Waals surface area contributed by atoms with Gasteiger partial charge in [0.1, 0.15) is 5.75 Å². The maximum atomic E-state index is 12.3. The van der Waals surface area contributed by atoms with Gasteiger partial charge in [0.25, 0.3) is 5.91 Å². The molecule has 2 aromatic carbocycles.